The summed E-state index contributed by atoms with van der Waals surface area (Å²) in [5.74, 6) is -0.449. The Hall–Kier alpha value is -1.92. The van der Waals surface area contributed by atoms with Crippen molar-refractivity contribution in [3.8, 4) is 0 Å². The van der Waals surface area contributed by atoms with E-state index in [1.54, 1.807) is 0 Å². The van der Waals surface area contributed by atoms with Gasteiger partial charge in [-0.25, -0.2) is 0 Å². The molecule has 7 nitrogen and oxygen atoms in total. The first-order chi connectivity index (χ1) is 6.38. The smallest absolute Gasteiger partial charge is 0.225 e. The van der Waals surface area contributed by atoms with E-state index in [2.05, 4.69) is 11.5 Å². The summed E-state index contributed by atoms with van der Waals surface area (Å²) in [6.07, 6.45) is 0.500. The molecule has 0 aliphatic carbocycles. The van der Waals surface area contributed by atoms with Crippen molar-refractivity contribution in [3.05, 3.63) is 0 Å². The van der Waals surface area contributed by atoms with Gasteiger partial charge in [-0.1, -0.05) is 0 Å². The Labute approximate surface area is 82.0 Å². The van der Waals surface area contributed by atoms with Gasteiger partial charge in [0.15, 0.2) is 0 Å². The minimum atomic E-state index is -0.225. The van der Waals surface area contributed by atoms with Gasteiger partial charge in [0.25, 0.3) is 0 Å². The van der Waals surface area contributed by atoms with E-state index in [4.69, 9.17) is 9.59 Å². The third-order valence-electron chi connectivity index (χ3n) is 0.945. The van der Waals surface area contributed by atoms with E-state index in [9.17, 15) is 9.59 Å². The van der Waals surface area contributed by atoms with Crippen LogP contribution >= 0.6 is 0 Å². The number of imide groups is 1. The number of nitrogens with two attached hydrogens (primary N) is 2. The number of hydrogen-bond acceptors (Lipinski definition) is 4. The maximum absolute atomic E-state index is 10.3. The standard InChI is InChI=1S/C5H9NO2.2CH3NO/c1-4(7)6(3)5(2)8;2*2-1-3/h1-3H3;2*1H,(H2,2,3). The molecule has 0 atom stereocenters. The number of hydrogen-bond donors (Lipinski definition) is 2. The number of amides is 4. The fourth-order valence-electron chi connectivity index (χ4n) is 0.222. The van der Waals surface area contributed by atoms with Crippen molar-refractivity contribution in [1.82, 2.24) is 4.90 Å². The Morgan fingerprint density at radius 3 is 1.14 bits per heavy atom. The van der Waals surface area contributed by atoms with Crippen molar-refractivity contribution in [3.63, 3.8) is 0 Å². The van der Waals surface area contributed by atoms with Crippen LogP contribution in [0.1, 0.15) is 13.8 Å². The molecule has 0 aromatic rings. The van der Waals surface area contributed by atoms with Gasteiger partial charge in [-0.15, -0.1) is 0 Å². The van der Waals surface area contributed by atoms with Crippen LogP contribution in [-0.4, -0.2) is 36.6 Å². The largest absolute Gasteiger partial charge is 0.372 e. The molecule has 0 fully saturated rings. The molecule has 4 N–H and O–H groups in total. The van der Waals surface area contributed by atoms with Crippen molar-refractivity contribution < 1.29 is 19.2 Å². The van der Waals surface area contributed by atoms with Gasteiger partial charge in [0.2, 0.25) is 24.6 Å². The van der Waals surface area contributed by atoms with E-state index < -0.39 is 0 Å². The fraction of sp³-hybridized carbons (Fsp3) is 0.429. The summed E-state index contributed by atoms with van der Waals surface area (Å²) >= 11 is 0. The van der Waals surface area contributed by atoms with E-state index in [0.717, 1.165) is 4.90 Å². The van der Waals surface area contributed by atoms with Crippen LogP contribution in [0.15, 0.2) is 0 Å². The van der Waals surface area contributed by atoms with Crippen LogP contribution in [0, 0.1) is 0 Å². The zero-order valence-electron chi connectivity index (χ0n) is 8.39. The second kappa shape index (κ2) is 13.7. The van der Waals surface area contributed by atoms with Gasteiger partial charge in [-0.3, -0.25) is 24.1 Å². The Morgan fingerprint density at radius 2 is 1.14 bits per heavy atom. The van der Waals surface area contributed by atoms with E-state index in [-0.39, 0.29) is 24.6 Å². The van der Waals surface area contributed by atoms with Gasteiger partial charge in [0.1, 0.15) is 0 Å². The zero-order valence-corrected chi connectivity index (χ0v) is 8.39. The molecule has 0 aromatic heterocycles. The number of rotatable bonds is 0. The molecule has 0 bridgehead atoms. The summed E-state index contributed by atoms with van der Waals surface area (Å²) in [5.41, 5.74) is 8.33. The SMILES string of the molecule is CC(=O)N(C)C(C)=O.NC=O.NC=O. The highest BCUT2D eigenvalue weighted by Gasteiger charge is 2.04. The van der Waals surface area contributed by atoms with Crippen LogP contribution in [0.4, 0.5) is 0 Å². The molecule has 7 heteroatoms. The first kappa shape index (κ1) is 18.0. The summed E-state index contributed by atoms with van der Waals surface area (Å²) < 4.78 is 0. The molecule has 14 heavy (non-hydrogen) atoms. The van der Waals surface area contributed by atoms with Crippen molar-refractivity contribution in [1.29, 1.82) is 0 Å². The van der Waals surface area contributed by atoms with Crippen LogP contribution in [0.5, 0.6) is 0 Å². The first-order valence-corrected chi connectivity index (χ1v) is 3.44. The molecule has 0 aromatic carbocycles. The second-order valence-electron chi connectivity index (χ2n) is 1.87. The van der Waals surface area contributed by atoms with E-state index in [1.807, 2.05) is 0 Å². The second-order valence-corrected chi connectivity index (χ2v) is 1.87. The van der Waals surface area contributed by atoms with E-state index in [1.165, 1.54) is 20.9 Å². The Kier molecular flexibility index (Phi) is 17.5. The van der Waals surface area contributed by atoms with E-state index >= 15 is 0 Å². The highest BCUT2D eigenvalue weighted by atomic mass is 16.2. The van der Waals surface area contributed by atoms with Gasteiger partial charge in [-0.05, 0) is 0 Å². The Balaban J connectivity index is -0.000000168. The molecule has 0 radical (unpaired) electrons. The van der Waals surface area contributed by atoms with Crippen molar-refractivity contribution >= 4 is 24.6 Å². The van der Waals surface area contributed by atoms with Crippen LogP contribution < -0.4 is 11.5 Å². The lowest BCUT2D eigenvalue weighted by Gasteiger charge is -2.07. The lowest BCUT2D eigenvalue weighted by atomic mass is 10.5. The predicted molar refractivity (Wildman–Crippen MR) is 49.6 cm³/mol. The van der Waals surface area contributed by atoms with Gasteiger partial charge in [0, 0.05) is 20.9 Å². The molecule has 0 heterocycles. The number of primary amides is 2. The summed E-state index contributed by atoms with van der Waals surface area (Å²) in [5, 5.41) is 0. The molecule has 0 aliphatic rings. The van der Waals surface area contributed by atoms with Crippen LogP contribution in [0.25, 0.3) is 0 Å². The maximum atomic E-state index is 10.3. The lowest BCUT2D eigenvalue weighted by molar-refractivity contribution is -0.140. The number of nitrogens with zero attached hydrogens (tertiary/aromatic N) is 1. The average molecular weight is 205 g/mol. The van der Waals surface area contributed by atoms with Gasteiger partial charge < -0.3 is 11.5 Å². The minimum Gasteiger partial charge on any atom is -0.372 e. The minimum absolute atomic E-state index is 0.225. The first-order valence-electron chi connectivity index (χ1n) is 3.44. The van der Waals surface area contributed by atoms with Crippen LogP contribution in [0.2, 0.25) is 0 Å². The van der Waals surface area contributed by atoms with Crippen molar-refractivity contribution in [2.75, 3.05) is 7.05 Å². The quantitative estimate of drug-likeness (QED) is 0.453. The van der Waals surface area contributed by atoms with Crippen LogP contribution in [-0.2, 0) is 19.2 Å². The molecule has 0 saturated carbocycles. The van der Waals surface area contributed by atoms with Crippen molar-refractivity contribution in [2.24, 2.45) is 11.5 Å². The molecule has 4 amide bonds. The summed E-state index contributed by atoms with van der Waals surface area (Å²) in [4.78, 5) is 38.8. The predicted octanol–water partition coefficient (Wildman–Crippen LogP) is -1.79. The molecule has 82 valence electrons. The average Bonchev–Trinajstić information content (AvgIpc) is 2.05. The van der Waals surface area contributed by atoms with Gasteiger partial charge in [-0.2, -0.15) is 0 Å². The summed E-state index contributed by atoms with van der Waals surface area (Å²) in [6.45, 7) is 2.70. The lowest BCUT2D eigenvalue weighted by Crippen LogP contribution is -2.28. The highest BCUT2D eigenvalue weighted by Crippen LogP contribution is 1.81. The van der Waals surface area contributed by atoms with Gasteiger partial charge >= 0.3 is 0 Å². The topological polar surface area (TPSA) is 124 Å². The van der Waals surface area contributed by atoms with Gasteiger partial charge in [0.05, 0.1) is 0 Å². The Morgan fingerprint density at radius 1 is 1.00 bits per heavy atom. The monoisotopic (exact) mass is 205 g/mol. The number of carbonyl (C=O) groups is 4. The molecule has 0 rings (SSSR count). The maximum Gasteiger partial charge on any atom is 0.225 e. The molecule has 0 unspecified atom stereocenters. The third-order valence-corrected chi connectivity index (χ3v) is 0.945. The molecular weight excluding hydrogens is 190 g/mol. The van der Waals surface area contributed by atoms with Crippen molar-refractivity contribution in [2.45, 2.75) is 13.8 Å². The summed E-state index contributed by atoms with van der Waals surface area (Å²) in [6, 6.07) is 0. The fourth-order valence-corrected chi connectivity index (χ4v) is 0.222. The van der Waals surface area contributed by atoms with E-state index in [0.29, 0.717) is 0 Å². The summed E-state index contributed by atoms with van der Waals surface area (Å²) in [7, 11) is 1.45. The zero-order chi connectivity index (χ0) is 12.1. The molecule has 0 saturated heterocycles. The Bertz CT molecular complexity index is 173. The highest BCUT2D eigenvalue weighted by molar-refractivity contribution is 5.92. The number of carbonyl (C=O) groups excluding carboxylic acids is 4. The normalized spacial score (nSPS) is 6.50. The third kappa shape index (κ3) is 22.5. The molecule has 0 aliphatic heterocycles. The molecular formula is C7H15N3O4. The molecule has 0 spiro atoms. The van der Waals surface area contributed by atoms with Crippen LogP contribution in [0.3, 0.4) is 0 Å².